The first kappa shape index (κ1) is 27.1. The highest BCUT2D eigenvalue weighted by Gasteiger charge is 2.30. The maximum absolute atomic E-state index is 14.0. The van der Waals surface area contributed by atoms with Gasteiger partial charge in [-0.1, -0.05) is 75.7 Å². The third kappa shape index (κ3) is 6.47. The second-order valence-corrected chi connectivity index (χ2v) is 9.85. The first-order valence-electron chi connectivity index (χ1n) is 13.2. The van der Waals surface area contributed by atoms with Crippen LogP contribution in [-0.4, -0.2) is 65.7 Å². The molecule has 3 N–H and O–H groups in total. The summed E-state index contributed by atoms with van der Waals surface area (Å²) in [6.45, 7) is 7.68. The van der Waals surface area contributed by atoms with Gasteiger partial charge in [-0.05, 0) is 46.4 Å². The Bertz CT molecular complexity index is 1250. The second kappa shape index (κ2) is 13.0. The van der Waals surface area contributed by atoms with E-state index < -0.39 is 0 Å². The van der Waals surface area contributed by atoms with E-state index in [4.69, 9.17) is 0 Å². The van der Waals surface area contributed by atoms with E-state index in [1.165, 1.54) is 0 Å². The molecule has 0 aliphatic rings. The van der Waals surface area contributed by atoms with E-state index in [-0.39, 0.29) is 24.6 Å². The molecule has 2 aromatic heterocycles. The zero-order valence-corrected chi connectivity index (χ0v) is 22.3. The number of aromatic amines is 2. The fraction of sp³-hybridized carbons (Fsp3) is 0.379. The number of aromatic nitrogens is 5. The van der Waals surface area contributed by atoms with Gasteiger partial charge in [0, 0.05) is 30.5 Å². The third-order valence-corrected chi connectivity index (χ3v) is 6.81. The van der Waals surface area contributed by atoms with E-state index in [2.05, 4.69) is 56.8 Å². The summed E-state index contributed by atoms with van der Waals surface area (Å²) < 4.78 is 0. The minimum Gasteiger partial charge on any atom is -0.394 e. The van der Waals surface area contributed by atoms with Gasteiger partial charge in [0.15, 0.2) is 0 Å². The highest BCUT2D eigenvalue weighted by Crippen LogP contribution is 2.30. The van der Waals surface area contributed by atoms with E-state index in [1.807, 2.05) is 66.2 Å². The number of aliphatic hydroxyl groups excluding tert-OH is 1. The Balaban J connectivity index is 1.57. The molecule has 0 saturated carbocycles. The number of unbranched alkanes of at least 4 members (excludes halogenated alkanes) is 1. The summed E-state index contributed by atoms with van der Waals surface area (Å²) in [7, 11) is 0. The Hall–Kier alpha value is -3.98. The molecule has 0 aliphatic heterocycles. The summed E-state index contributed by atoms with van der Waals surface area (Å²) in [5.74, 6) is 0.664. The average molecular weight is 516 g/mol. The molecule has 0 fully saturated rings. The van der Waals surface area contributed by atoms with Crippen LogP contribution in [0, 0.1) is 5.92 Å². The van der Waals surface area contributed by atoms with Crippen molar-refractivity contribution in [1.82, 2.24) is 35.4 Å². The quantitative estimate of drug-likeness (QED) is 0.243. The van der Waals surface area contributed by atoms with Crippen molar-refractivity contribution in [2.45, 2.75) is 52.7 Å². The summed E-state index contributed by atoms with van der Waals surface area (Å²) in [6, 6.07) is 19.8. The monoisotopic (exact) mass is 515 g/mol. The Kier molecular flexibility index (Phi) is 9.26. The Morgan fingerprint density at radius 3 is 2.37 bits per heavy atom. The van der Waals surface area contributed by atoms with Crippen molar-refractivity contribution >= 4 is 6.03 Å². The van der Waals surface area contributed by atoms with Crippen molar-refractivity contribution in [2.24, 2.45) is 5.92 Å². The number of urea groups is 1. The van der Waals surface area contributed by atoms with E-state index >= 15 is 0 Å². The molecule has 9 nitrogen and oxygen atoms in total. The van der Waals surface area contributed by atoms with Gasteiger partial charge in [0.1, 0.15) is 0 Å². The number of benzene rings is 2. The molecular formula is C29H37N7O2. The van der Waals surface area contributed by atoms with E-state index in [0.717, 1.165) is 40.8 Å². The van der Waals surface area contributed by atoms with Gasteiger partial charge in [-0.15, -0.1) is 10.2 Å². The van der Waals surface area contributed by atoms with Crippen LogP contribution in [0.1, 0.15) is 44.9 Å². The van der Waals surface area contributed by atoms with Crippen LogP contribution in [0.15, 0.2) is 66.9 Å². The number of nitrogens with zero attached hydrogens (tertiary/aromatic N) is 5. The standard InChI is InChI=1S/C29H37N7O2/c1-4-5-17-35(29(38)36(27(20-37)21(2)3)19-24-9-8-16-30-24)18-22-12-14-23(15-13-22)25-10-6-7-11-26(25)28-31-33-34-32-28/h6-16,21,27,30,37H,4-5,17-20H2,1-3H3,(H,31,32,33,34). The van der Waals surface area contributed by atoms with Crippen LogP contribution in [0.2, 0.25) is 0 Å². The number of hydrogen-bond donors (Lipinski definition) is 3. The maximum atomic E-state index is 14.0. The molecule has 0 radical (unpaired) electrons. The highest BCUT2D eigenvalue weighted by atomic mass is 16.3. The third-order valence-electron chi connectivity index (χ3n) is 6.81. The van der Waals surface area contributed by atoms with Crippen LogP contribution < -0.4 is 0 Å². The highest BCUT2D eigenvalue weighted by molar-refractivity contribution is 5.80. The Labute approximate surface area is 223 Å². The molecule has 2 amide bonds. The van der Waals surface area contributed by atoms with Gasteiger partial charge in [-0.3, -0.25) is 0 Å². The largest absolute Gasteiger partial charge is 0.394 e. The Morgan fingerprint density at radius 1 is 1.00 bits per heavy atom. The number of carbonyl (C=O) groups is 1. The van der Waals surface area contributed by atoms with Gasteiger partial charge in [0.05, 0.1) is 19.2 Å². The van der Waals surface area contributed by atoms with Crippen molar-refractivity contribution in [3.63, 3.8) is 0 Å². The SMILES string of the molecule is CCCCN(Cc1ccc(-c2ccccc2-c2nn[nH]n2)cc1)C(=O)N(Cc1ccc[nH]1)C(CO)C(C)C. The van der Waals surface area contributed by atoms with Crippen LogP contribution in [0.3, 0.4) is 0 Å². The number of nitrogens with one attached hydrogen (secondary N) is 2. The lowest BCUT2D eigenvalue weighted by Gasteiger charge is -2.37. The normalized spacial score (nSPS) is 12.0. The van der Waals surface area contributed by atoms with Crippen LogP contribution in [0.5, 0.6) is 0 Å². The first-order chi connectivity index (χ1) is 18.5. The van der Waals surface area contributed by atoms with Crippen molar-refractivity contribution < 1.29 is 9.90 Å². The lowest BCUT2D eigenvalue weighted by atomic mass is 9.98. The lowest BCUT2D eigenvalue weighted by Crippen LogP contribution is -2.51. The number of aliphatic hydroxyl groups is 1. The minimum absolute atomic E-state index is 0.0627. The van der Waals surface area contributed by atoms with Gasteiger partial charge < -0.3 is 19.9 Å². The molecule has 9 heteroatoms. The van der Waals surface area contributed by atoms with E-state index in [0.29, 0.717) is 25.5 Å². The van der Waals surface area contributed by atoms with Gasteiger partial charge >= 0.3 is 6.03 Å². The number of hydrogen-bond acceptors (Lipinski definition) is 5. The number of rotatable bonds is 12. The molecule has 1 unspecified atom stereocenters. The molecule has 0 spiro atoms. The van der Waals surface area contributed by atoms with E-state index in [9.17, 15) is 9.90 Å². The summed E-state index contributed by atoms with van der Waals surface area (Å²) in [5.41, 5.74) is 4.93. The fourth-order valence-corrected chi connectivity index (χ4v) is 4.63. The van der Waals surface area contributed by atoms with Gasteiger partial charge in [0.25, 0.3) is 0 Å². The zero-order valence-electron chi connectivity index (χ0n) is 22.3. The smallest absolute Gasteiger partial charge is 0.321 e. The van der Waals surface area contributed by atoms with Crippen molar-refractivity contribution in [3.8, 4) is 22.5 Å². The summed E-state index contributed by atoms with van der Waals surface area (Å²) in [4.78, 5) is 20.9. The van der Waals surface area contributed by atoms with Gasteiger partial charge in [-0.2, -0.15) is 5.21 Å². The zero-order chi connectivity index (χ0) is 26.9. The van der Waals surface area contributed by atoms with Crippen molar-refractivity contribution in [1.29, 1.82) is 0 Å². The fourth-order valence-electron chi connectivity index (χ4n) is 4.63. The molecule has 2 heterocycles. The van der Waals surface area contributed by atoms with Crippen LogP contribution in [0.4, 0.5) is 4.79 Å². The molecule has 0 aliphatic carbocycles. The van der Waals surface area contributed by atoms with Crippen molar-refractivity contribution in [2.75, 3.05) is 13.2 Å². The minimum atomic E-state index is -0.279. The molecule has 2 aromatic carbocycles. The molecule has 0 saturated heterocycles. The summed E-state index contributed by atoms with van der Waals surface area (Å²) in [5, 5.41) is 24.7. The molecule has 4 aromatic rings. The predicted molar refractivity (Wildman–Crippen MR) is 148 cm³/mol. The molecule has 38 heavy (non-hydrogen) atoms. The van der Waals surface area contributed by atoms with Crippen LogP contribution >= 0.6 is 0 Å². The lowest BCUT2D eigenvalue weighted by molar-refractivity contribution is 0.0786. The van der Waals surface area contributed by atoms with E-state index in [1.54, 1.807) is 0 Å². The average Bonchev–Trinajstić information content (AvgIpc) is 3.66. The van der Waals surface area contributed by atoms with Crippen LogP contribution in [-0.2, 0) is 13.1 Å². The van der Waals surface area contributed by atoms with Gasteiger partial charge in [0.2, 0.25) is 5.82 Å². The Morgan fingerprint density at radius 2 is 1.76 bits per heavy atom. The number of amides is 2. The molecule has 200 valence electrons. The predicted octanol–water partition coefficient (Wildman–Crippen LogP) is 5.10. The molecular weight excluding hydrogens is 478 g/mol. The topological polar surface area (TPSA) is 114 Å². The number of H-pyrrole nitrogens is 2. The van der Waals surface area contributed by atoms with Crippen LogP contribution in [0.25, 0.3) is 22.5 Å². The number of carbonyl (C=O) groups excluding carboxylic acids is 1. The molecule has 4 rings (SSSR count). The van der Waals surface area contributed by atoms with Crippen molar-refractivity contribution in [3.05, 3.63) is 78.1 Å². The number of tetrazole rings is 1. The summed E-state index contributed by atoms with van der Waals surface area (Å²) >= 11 is 0. The molecule has 1 atom stereocenters. The first-order valence-corrected chi connectivity index (χ1v) is 13.2. The summed E-state index contributed by atoms with van der Waals surface area (Å²) in [6.07, 6.45) is 3.75. The van der Waals surface area contributed by atoms with Gasteiger partial charge in [-0.25, -0.2) is 4.79 Å². The molecule has 0 bridgehead atoms. The maximum Gasteiger partial charge on any atom is 0.321 e. The second-order valence-electron chi connectivity index (χ2n) is 9.85.